The Bertz CT molecular complexity index is 899. The van der Waals surface area contributed by atoms with Gasteiger partial charge in [0.15, 0.2) is 5.92 Å². The Morgan fingerprint density at radius 1 is 1.17 bits per heavy atom. The molecule has 0 fully saturated rings. The third kappa shape index (κ3) is 5.99. The average molecular weight is 424 g/mol. The van der Waals surface area contributed by atoms with Crippen LogP contribution in [0.2, 0.25) is 5.02 Å². The van der Waals surface area contributed by atoms with E-state index < -0.39 is 24.3 Å². The van der Waals surface area contributed by atoms with Crippen LogP contribution in [0.5, 0.6) is 5.75 Å². The lowest BCUT2D eigenvalue weighted by atomic mass is 10.0. The minimum absolute atomic E-state index is 0.0649. The minimum Gasteiger partial charge on any atom is -0.435 e. The number of nitrogens with one attached hydrogen (secondary N) is 2. The number of halogens is 3. The van der Waals surface area contributed by atoms with Crippen LogP contribution in [0.3, 0.4) is 0 Å². The van der Waals surface area contributed by atoms with Crippen molar-refractivity contribution in [2.24, 2.45) is 5.92 Å². The Morgan fingerprint density at radius 2 is 1.79 bits per heavy atom. The number of carbonyl (C=O) groups excluding carboxylic acids is 2. The maximum atomic E-state index is 12.9. The molecule has 2 N–H and O–H groups in total. The maximum absolute atomic E-state index is 12.9. The molecule has 0 aliphatic heterocycles. The number of rotatable bonds is 7. The highest BCUT2D eigenvalue weighted by molar-refractivity contribution is 6.31. The maximum Gasteiger partial charge on any atom is 0.387 e. The number of carbonyl (C=O) groups is 2. The third-order valence-electron chi connectivity index (χ3n) is 4.03. The number of amides is 2. The van der Waals surface area contributed by atoms with Crippen molar-refractivity contribution in [2.45, 2.75) is 20.5 Å². The van der Waals surface area contributed by atoms with E-state index in [1.165, 1.54) is 43.1 Å². The Kier molecular flexibility index (Phi) is 7.28. The van der Waals surface area contributed by atoms with E-state index in [2.05, 4.69) is 10.1 Å². The first-order chi connectivity index (χ1) is 13.6. The van der Waals surface area contributed by atoms with E-state index in [4.69, 9.17) is 17.0 Å². The summed E-state index contributed by atoms with van der Waals surface area (Å²) in [6.07, 6.45) is 0. The second-order valence-corrected chi connectivity index (χ2v) is 6.83. The van der Waals surface area contributed by atoms with Gasteiger partial charge in [0.1, 0.15) is 5.75 Å². The highest BCUT2D eigenvalue weighted by Crippen LogP contribution is 2.24. The first-order valence-corrected chi connectivity index (χ1v) is 8.92. The SMILES string of the molecule is CC(=N)C(C(=O)Nc1ccc(OC(F)F)cc1)C(=O)N(C)c1cc(C)cc(Cl)c1. The van der Waals surface area contributed by atoms with E-state index >= 15 is 0 Å². The molecule has 2 aromatic carbocycles. The van der Waals surface area contributed by atoms with E-state index in [-0.39, 0.29) is 17.1 Å². The second kappa shape index (κ2) is 9.47. The zero-order chi connectivity index (χ0) is 21.7. The lowest BCUT2D eigenvalue weighted by Gasteiger charge is -2.23. The molecule has 0 aromatic heterocycles. The molecule has 0 saturated carbocycles. The van der Waals surface area contributed by atoms with Crippen LogP contribution >= 0.6 is 11.6 Å². The van der Waals surface area contributed by atoms with Gasteiger partial charge in [-0.1, -0.05) is 11.6 Å². The molecule has 0 spiro atoms. The van der Waals surface area contributed by atoms with Crippen LogP contribution in [0.4, 0.5) is 20.2 Å². The Hall–Kier alpha value is -3.00. The van der Waals surface area contributed by atoms with Crippen LogP contribution < -0.4 is 15.0 Å². The van der Waals surface area contributed by atoms with E-state index in [1.54, 1.807) is 18.2 Å². The normalized spacial score (nSPS) is 11.7. The molecule has 2 aromatic rings. The number of nitrogens with zero attached hydrogens (tertiary/aromatic N) is 1. The van der Waals surface area contributed by atoms with Gasteiger partial charge < -0.3 is 20.4 Å². The third-order valence-corrected chi connectivity index (χ3v) is 4.25. The quantitative estimate of drug-likeness (QED) is 0.508. The van der Waals surface area contributed by atoms with E-state index in [0.29, 0.717) is 10.7 Å². The fraction of sp³-hybridized carbons (Fsp3) is 0.250. The first kappa shape index (κ1) is 22.3. The molecule has 0 bridgehead atoms. The van der Waals surface area contributed by atoms with Gasteiger partial charge in [-0.25, -0.2) is 0 Å². The van der Waals surface area contributed by atoms with Crippen LogP contribution in [-0.2, 0) is 9.59 Å². The summed E-state index contributed by atoms with van der Waals surface area (Å²) in [6, 6.07) is 10.3. The Morgan fingerprint density at radius 3 is 2.31 bits per heavy atom. The van der Waals surface area contributed by atoms with Crippen LogP contribution in [0.25, 0.3) is 0 Å². The molecule has 0 saturated heterocycles. The monoisotopic (exact) mass is 423 g/mol. The van der Waals surface area contributed by atoms with Crippen LogP contribution in [0, 0.1) is 18.3 Å². The van der Waals surface area contributed by atoms with Crippen LogP contribution in [0.1, 0.15) is 12.5 Å². The summed E-state index contributed by atoms with van der Waals surface area (Å²) >= 11 is 6.04. The van der Waals surface area contributed by atoms with Gasteiger partial charge >= 0.3 is 6.61 Å². The van der Waals surface area contributed by atoms with Gasteiger partial charge in [0.2, 0.25) is 11.8 Å². The van der Waals surface area contributed by atoms with Crippen molar-refractivity contribution in [1.29, 1.82) is 5.41 Å². The number of hydrogen-bond donors (Lipinski definition) is 2. The summed E-state index contributed by atoms with van der Waals surface area (Å²) in [5.74, 6) is -2.74. The van der Waals surface area contributed by atoms with Crippen molar-refractivity contribution in [3.05, 3.63) is 53.1 Å². The van der Waals surface area contributed by atoms with Gasteiger partial charge in [0.05, 0.1) is 0 Å². The topological polar surface area (TPSA) is 82.5 Å². The lowest BCUT2D eigenvalue weighted by molar-refractivity contribution is -0.127. The van der Waals surface area contributed by atoms with Crippen LogP contribution in [0.15, 0.2) is 42.5 Å². The zero-order valence-corrected chi connectivity index (χ0v) is 16.8. The van der Waals surface area contributed by atoms with E-state index in [9.17, 15) is 18.4 Å². The molecule has 9 heteroatoms. The molecule has 1 atom stereocenters. The lowest BCUT2D eigenvalue weighted by Crippen LogP contribution is -2.43. The standard InChI is InChI=1S/C20H20ClF2N3O3/c1-11-8-13(21)10-15(9-11)26(3)19(28)17(12(2)24)18(27)25-14-4-6-16(7-5-14)29-20(22)23/h4-10,17,20,24H,1-3H3,(H,25,27). The van der Waals surface area contributed by atoms with Crippen molar-refractivity contribution >= 4 is 40.5 Å². The van der Waals surface area contributed by atoms with Gasteiger partial charge in [-0.05, 0) is 61.9 Å². The van der Waals surface area contributed by atoms with Crippen molar-refractivity contribution in [2.75, 3.05) is 17.3 Å². The summed E-state index contributed by atoms with van der Waals surface area (Å²) < 4.78 is 28.7. The molecule has 29 heavy (non-hydrogen) atoms. The molecule has 154 valence electrons. The number of hydrogen-bond acceptors (Lipinski definition) is 4. The number of aryl methyl sites for hydroxylation is 1. The molecule has 0 aliphatic rings. The minimum atomic E-state index is -2.95. The Labute approximate surface area is 171 Å². The fourth-order valence-electron chi connectivity index (χ4n) is 2.66. The molecule has 0 radical (unpaired) electrons. The predicted octanol–water partition coefficient (Wildman–Crippen LogP) is 4.51. The summed E-state index contributed by atoms with van der Waals surface area (Å²) in [5, 5.41) is 10.9. The van der Waals surface area contributed by atoms with Gasteiger partial charge in [0, 0.05) is 29.2 Å². The molecule has 6 nitrogen and oxygen atoms in total. The molecular formula is C20H20ClF2N3O3. The molecule has 0 aliphatic carbocycles. The molecular weight excluding hydrogens is 404 g/mol. The number of benzene rings is 2. The predicted molar refractivity (Wildman–Crippen MR) is 108 cm³/mol. The molecule has 1 unspecified atom stereocenters. The summed E-state index contributed by atoms with van der Waals surface area (Å²) in [4.78, 5) is 26.8. The van der Waals surface area contributed by atoms with Crippen LogP contribution in [-0.4, -0.2) is 31.2 Å². The summed E-state index contributed by atoms with van der Waals surface area (Å²) in [7, 11) is 1.49. The second-order valence-electron chi connectivity index (χ2n) is 6.39. The number of ether oxygens (including phenoxy) is 1. The van der Waals surface area contributed by atoms with Crippen molar-refractivity contribution < 1.29 is 23.1 Å². The summed E-state index contributed by atoms with van der Waals surface area (Å²) in [6.45, 7) is 0.226. The van der Waals surface area contributed by atoms with Gasteiger partial charge in [-0.2, -0.15) is 8.78 Å². The van der Waals surface area contributed by atoms with E-state index in [0.717, 1.165) is 5.56 Å². The number of anilines is 2. The van der Waals surface area contributed by atoms with E-state index in [1.807, 2.05) is 6.92 Å². The highest BCUT2D eigenvalue weighted by atomic mass is 35.5. The first-order valence-electron chi connectivity index (χ1n) is 8.54. The van der Waals surface area contributed by atoms with Crippen molar-refractivity contribution in [3.8, 4) is 5.75 Å². The molecule has 2 rings (SSSR count). The smallest absolute Gasteiger partial charge is 0.387 e. The average Bonchev–Trinajstić information content (AvgIpc) is 2.61. The van der Waals surface area contributed by atoms with Crippen molar-refractivity contribution in [3.63, 3.8) is 0 Å². The fourth-order valence-corrected chi connectivity index (χ4v) is 2.94. The van der Waals surface area contributed by atoms with Crippen molar-refractivity contribution in [1.82, 2.24) is 0 Å². The number of alkyl halides is 2. The van der Waals surface area contributed by atoms with Gasteiger partial charge in [-0.15, -0.1) is 0 Å². The van der Waals surface area contributed by atoms with Gasteiger partial charge in [-0.3, -0.25) is 9.59 Å². The molecule has 2 amide bonds. The zero-order valence-electron chi connectivity index (χ0n) is 16.0. The Balaban J connectivity index is 2.18. The largest absolute Gasteiger partial charge is 0.435 e. The summed E-state index contributed by atoms with van der Waals surface area (Å²) in [5.41, 5.74) is 1.46. The van der Waals surface area contributed by atoms with Gasteiger partial charge in [0.25, 0.3) is 0 Å². The highest BCUT2D eigenvalue weighted by Gasteiger charge is 2.32. The molecule has 0 heterocycles.